The lowest BCUT2D eigenvalue weighted by molar-refractivity contribution is 0.0656. The van der Waals surface area contributed by atoms with E-state index in [0.29, 0.717) is 5.92 Å². The quantitative estimate of drug-likeness (QED) is 0.682. The van der Waals surface area contributed by atoms with Crippen LogP contribution in [0.15, 0.2) is 18.3 Å². The maximum absolute atomic E-state index is 9.46. The predicted molar refractivity (Wildman–Crippen MR) is 47.0 cm³/mol. The maximum atomic E-state index is 9.46. The van der Waals surface area contributed by atoms with Crippen LogP contribution in [0.4, 0.5) is 0 Å². The molecule has 0 aromatic carbocycles. The monoisotopic (exact) mass is 163 g/mol. The van der Waals surface area contributed by atoms with Gasteiger partial charge >= 0.3 is 0 Å². The summed E-state index contributed by atoms with van der Waals surface area (Å²) in [7, 11) is 0. The number of hydrogen-bond donors (Lipinski definition) is 1. The molecule has 0 spiro atoms. The summed E-state index contributed by atoms with van der Waals surface area (Å²) in [6.45, 7) is 2.00. The summed E-state index contributed by atoms with van der Waals surface area (Å²) in [5.41, 5.74) is 2.28. The van der Waals surface area contributed by atoms with Gasteiger partial charge in [0.05, 0.1) is 6.10 Å². The van der Waals surface area contributed by atoms with Crippen LogP contribution in [0.3, 0.4) is 0 Å². The molecule has 2 unspecified atom stereocenters. The van der Waals surface area contributed by atoms with Gasteiger partial charge in [-0.2, -0.15) is 0 Å². The molecule has 12 heavy (non-hydrogen) atoms. The third-order valence-electron chi connectivity index (χ3n) is 2.69. The first-order chi connectivity index (χ1) is 5.79. The summed E-state index contributed by atoms with van der Waals surface area (Å²) in [4.78, 5) is 4.21. The zero-order valence-electron chi connectivity index (χ0n) is 7.20. The van der Waals surface area contributed by atoms with Crippen LogP contribution in [-0.4, -0.2) is 16.2 Å². The molecular weight excluding hydrogens is 150 g/mol. The van der Waals surface area contributed by atoms with Crippen molar-refractivity contribution in [1.29, 1.82) is 0 Å². The Morgan fingerprint density at radius 3 is 2.83 bits per heavy atom. The van der Waals surface area contributed by atoms with Crippen LogP contribution in [0.25, 0.3) is 0 Å². The zero-order chi connectivity index (χ0) is 8.55. The van der Waals surface area contributed by atoms with E-state index in [0.717, 1.165) is 18.5 Å². The summed E-state index contributed by atoms with van der Waals surface area (Å²) in [6.07, 6.45) is 3.71. The van der Waals surface area contributed by atoms with Crippen LogP contribution in [0.1, 0.15) is 30.0 Å². The molecule has 0 aliphatic heterocycles. The lowest BCUT2D eigenvalue weighted by Gasteiger charge is -2.33. The van der Waals surface area contributed by atoms with Gasteiger partial charge in [-0.25, -0.2) is 0 Å². The number of rotatable bonds is 1. The Labute approximate surface area is 72.3 Å². The van der Waals surface area contributed by atoms with Gasteiger partial charge < -0.3 is 5.11 Å². The first kappa shape index (κ1) is 7.74. The lowest BCUT2D eigenvalue weighted by Crippen LogP contribution is -2.29. The molecule has 1 aliphatic carbocycles. The van der Waals surface area contributed by atoms with Crippen LogP contribution in [0, 0.1) is 6.92 Å². The minimum Gasteiger partial charge on any atom is -0.392 e. The molecule has 2 atom stereocenters. The van der Waals surface area contributed by atoms with E-state index in [4.69, 9.17) is 0 Å². The Balaban J connectivity index is 2.27. The zero-order valence-corrected chi connectivity index (χ0v) is 7.20. The van der Waals surface area contributed by atoms with E-state index >= 15 is 0 Å². The molecule has 0 radical (unpaired) electrons. The minimum absolute atomic E-state index is 0.132. The van der Waals surface area contributed by atoms with Crippen LogP contribution in [0.2, 0.25) is 0 Å². The molecule has 0 bridgehead atoms. The fourth-order valence-electron chi connectivity index (χ4n) is 1.73. The van der Waals surface area contributed by atoms with E-state index in [2.05, 4.69) is 11.1 Å². The molecule has 1 saturated carbocycles. The second kappa shape index (κ2) is 2.87. The maximum Gasteiger partial charge on any atom is 0.0609 e. The average molecular weight is 163 g/mol. The molecule has 2 rings (SSSR count). The largest absolute Gasteiger partial charge is 0.392 e. The van der Waals surface area contributed by atoms with Gasteiger partial charge in [0.25, 0.3) is 0 Å². The van der Waals surface area contributed by atoms with Crippen molar-refractivity contribution >= 4 is 0 Å². The minimum atomic E-state index is -0.132. The van der Waals surface area contributed by atoms with Gasteiger partial charge in [0, 0.05) is 17.8 Å². The topological polar surface area (TPSA) is 33.1 Å². The van der Waals surface area contributed by atoms with Crippen molar-refractivity contribution in [3.8, 4) is 0 Å². The van der Waals surface area contributed by atoms with E-state index in [-0.39, 0.29) is 6.10 Å². The van der Waals surface area contributed by atoms with Gasteiger partial charge in [-0.15, -0.1) is 0 Å². The number of aliphatic hydroxyl groups excluding tert-OH is 1. The Hall–Kier alpha value is -0.890. The molecular formula is C10H13NO. The molecule has 1 aromatic rings. The van der Waals surface area contributed by atoms with Gasteiger partial charge in [-0.3, -0.25) is 4.98 Å². The van der Waals surface area contributed by atoms with E-state index < -0.39 is 0 Å². The van der Waals surface area contributed by atoms with Crippen LogP contribution < -0.4 is 0 Å². The van der Waals surface area contributed by atoms with Gasteiger partial charge in [0.2, 0.25) is 0 Å². The highest BCUT2D eigenvalue weighted by Gasteiger charge is 2.31. The van der Waals surface area contributed by atoms with Gasteiger partial charge in [0.1, 0.15) is 0 Å². The van der Waals surface area contributed by atoms with E-state index in [1.807, 2.05) is 13.0 Å². The summed E-state index contributed by atoms with van der Waals surface area (Å²) >= 11 is 0. The summed E-state index contributed by atoms with van der Waals surface area (Å²) in [5, 5.41) is 9.46. The molecule has 1 N–H and O–H groups in total. The molecule has 1 fully saturated rings. The van der Waals surface area contributed by atoms with Crippen molar-refractivity contribution in [2.45, 2.75) is 31.8 Å². The first-order valence-corrected chi connectivity index (χ1v) is 4.38. The van der Waals surface area contributed by atoms with E-state index in [1.54, 1.807) is 6.20 Å². The molecule has 2 heteroatoms. The van der Waals surface area contributed by atoms with Crippen LogP contribution in [0.5, 0.6) is 0 Å². The Morgan fingerprint density at radius 2 is 2.33 bits per heavy atom. The Kier molecular flexibility index (Phi) is 1.85. The summed E-state index contributed by atoms with van der Waals surface area (Å²) in [5.74, 6) is 0.346. The van der Waals surface area contributed by atoms with Crippen molar-refractivity contribution in [3.05, 3.63) is 29.6 Å². The first-order valence-electron chi connectivity index (χ1n) is 4.38. The normalized spacial score (nSPS) is 28.2. The van der Waals surface area contributed by atoms with E-state index in [1.165, 1.54) is 5.56 Å². The number of nitrogens with zero attached hydrogens (tertiary/aromatic N) is 1. The van der Waals surface area contributed by atoms with Crippen LogP contribution in [-0.2, 0) is 0 Å². The molecule has 1 heterocycles. The highest BCUT2D eigenvalue weighted by atomic mass is 16.3. The number of aryl methyl sites for hydroxylation is 1. The smallest absolute Gasteiger partial charge is 0.0609 e. The summed E-state index contributed by atoms with van der Waals surface area (Å²) < 4.78 is 0. The van der Waals surface area contributed by atoms with Gasteiger partial charge in [-0.1, -0.05) is 6.07 Å². The van der Waals surface area contributed by atoms with Crippen molar-refractivity contribution in [2.75, 3.05) is 0 Å². The number of aliphatic hydroxyl groups is 1. The fourth-order valence-corrected chi connectivity index (χ4v) is 1.73. The second-order valence-electron chi connectivity index (χ2n) is 3.43. The lowest BCUT2D eigenvalue weighted by atomic mass is 9.77. The second-order valence-corrected chi connectivity index (χ2v) is 3.43. The number of hydrogen-bond acceptors (Lipinski definition) is 2. The Morgan fingerprint density at radius 1 is 1.50 bits per heavy atom. The standard InChI is InChI=1S/C10H13NO/c1-7-8(3-2-6-11-7)9-4-5-10(9)12/h2-3,6,9-10,12H,4-5H2,1H3. The molecule has 0 amide bonds. The third-order valence-corrected chi connectivity index (χ3v) is 2.69. The van der Waals surface area contributed by atoms with Gasteiger partial charge in [-0.05, 0) is 31.4 Å². The number of pyridine rings is 1. The van der Waals surface area contributed by atoms with Crippen molar-refractivity contribution < 1.29 is 5.11 Å². The Bertz CT molecular complexity index is 285. The van der Waals surface area contributed by atoms with Crippen molar-refractivity contribution in [2.24, 2.45) is 0 Å². The fraction of sp³-hybridized carbons (Fsp3) is 0.500. The van der Waals surface area contributed by atoms with E-state index in [9.17, 15) is 5.11 Å². The van der Waals surface area contributed by atoms with Crippen molar-refractivity contribution in [1.82, 2.24) is 4.98 Å². The van der Waals surface area contributed by atoms with Crippen molar-refractivity contribution in [3.63, 3.8) is 0 Å². The third kappa shape index (κ3) is 1.12. The molecule has 64 valence electrons. The molecule has 2 nitrogen and oxygen atoms in total. The van der Waals surface area contributed by atoms with Crippen LogP contribution >= 0.6 is 0 Å². The highest BCUT2D eigenvalue weighted by molar-refractivity contribution is 5.26. The summed E-state index contributed by atoms with van der Waals surface area (Å²) in [6, 6.07) is 4.00. The number of aromatic nitrogens is 1. The molecule has 1 aliphatic rings. The highest BCUT2D eigenvalue weighted by Crippen LogP contribution is 2.37. The predicted octanol–water partition coefficient (Wildman–Crippen LogP) is 1.63. The average Bonchev–Trinajstić information content (AvgIpc) is 2.06. The molecule has 1 aromatic heterocycles. The van der Waals surface area contributed by atoms with Gasteiger partial charge in [0.15, 0.2) is 0 Å². The SMILES string of the molecule is Cc1ncccc1C1CCC1O. The molecule has 0 saturated heterocycles.